The molecule has 0 heterocycles. The van der Waals surface area contributed by atoms with Gasteiger partial charge in [0.05, 0.1) is 11.4 Å². The lowest BCUT2D eigenvalue weighted by molar-refractivity contribution is 0.0889. The number of Topliss-reactive ketones (excluding diaryl/α,β-unsaturated/α-hetero) is 1. The number of carbonyl (C=O) groups excluding carboxylic acids is 1. The summed E-state index contributed by atoms with van der Waals surface area (Å²) in [5.41, 5.74) is 8.17. The Balaban J connectivity index is 2.16. The number of nitrogens with two attached hydrogens (primary N) is 1. The van der Waals surface area contributed by atoms with Gasteiger partial charge in [-0.2, -0.15) is 0 Å². The van der Waals surface area contributed by atoms with E-state index in [4.69, 9.17) is 5.73 Å². The van der Waals surface area contributed by atoms with Crippen LogP contribution in [0.25, 0.3) is 0 Å². The molecule has 0 atom stereocenters. The molecule has 1 saturated carbocycles. The van der Waals surface area contributed by atoms with Crippen molar-refractivity contribution >= 4 is 17.2 Å². The van der Waals surface area contributed by atoms with Crippen LogP contribution in [-0.4, -0.2) is 12.8 Å². The van der Waals surface area contributed by atoms with Gasteiger partial charge in [0.1, 0.15) is 0 Å². The standard InChI is InChI=1S/C14H20N2O/c1-16-13-8-7-11(9-12(13)15)14(17)10-5-3-2-4-6-10/h7-10,16H,2-6,15H2,1H3. The van der Waals surface area contributed by atoms with Gasteiger partial charge >= 0.3 is 0 Å². The molecule has 92 valence electrons. The predicted molar refractivity (Wildman–Crippen MR) is 71.3 cm³/mol. The number of rotatable bonds is 3. The van der Waals surface area contributed by atoms with Gasteiger partial charge < -0.3 is 11.1 Å². The number of nitrogen functional groups attached to an aromatic ring is 1. The predicted octanol–water partition coefficient (Wildman–Crippen LogP) is 3.07. The van der Waals surface area contributed by atoms with Crippen molar-refractivity contribution in [2.75, 3.05) is 18.1 Å². The lowest BCUT2D eigenvalue weighted by atomic mass is 9.84. The lowest BCUT2D eigenvalue weighted by Crippen LogP contribution is -2.18. The van der Waals surface area contributed by atoms with Crippen LogP contribution >= 0.6 is 0 Å². The van der Waals surface area contributed by atoms with Crippen molar-refractivity contribution in [3.8, 4) is 0 Å². The van der Waals surface area contributed by atoms with E-state index < -0.39 is 0 Å². The highest BCUT2D eigenvalue weighted by atomic mass is 16.1. The van der Waals surface area contributed by atoms with E-state index in [0.29, 0.717) is 5.69 Å². The van der Waals surface area contributed by atoms with E-state index in [2.05, 4.69) is 5.32 Å². The molecule has 0 saturated heterocycles. The summed E-state index contributed by atoms with van der Waals surface area (Å²) in [4.78, 5) is 12.3. The Hall–Kier alpha value is -1.51. The normalized spacial score (nSPS) is 16.8. The summed E-state index contributed by atoms with van der Waals surface area (Å²) in [6.07, 6.45) is 5.70. The van der Waals surface area contributed by atoms with Gasteiger partial charge in [-0.25, -0.2) is 0 Å². The van der Waals surface area contributed by atoms with Crippen molar-refractivity contribution < 1.29 is 4.79 Å². The number of carbonyl (C=O) groups is 1. The fraction of sp³-hybridized carbons (Fsp3) is 0.500. The topological polar surface area (TPSA) is 55.1 Å². The van der Waals surface area contributed by atoms with E-state index in [9.17, 15) is 4.79 Å². The SMILES string of the molecule is CNc1ccc(C(=O)C2CCCCC2)cc1N. The van der Waals surface area contributed by atoms with E-state index in [1.165, 1.54) is 19.3 Å². The molecule has 0 spiro atoms. The zero-order chi connectivity index (χ0) is 12.3. The Morgan fingerprint density at radius 3 is 2.59 bits per heavy atom. The number of benzene rings is 1. The molecular weight excluding hydrogens is 212 g/mol. The molecule has 1 aliphatic rings. The summed E-state index contributed by atoms with van der Waals surface area (Å²) in [5.74, 6) is 0.475. The molecule has 0 aliphatic heterocycles. The molecule has 0 radical (unpaired) electrons. The van der Waals surface area contributed by atoms with Crippen LogP contribution in [0.3, 0.4) is 0 Å². The third kappa shape index (κ3) is 2.60. The Morgan fingerprint density at radius 1 is 1.29 bits per heavy atom. The van der Waals surface area contributed by atoms with Crippen molar-refractivity contribution in [2.24, 2.45) is 5.92 Å². The Morgan fingerprint density at radius 2 is 2.00 bits per heavy atom. The zero-order valence-electron chi connectivity index (χ0n) is 10.3. The molecule has 0 amide bonds. The van der Waals surface area contributed by atoms with Crippen molar-refractivity contribution in [2.45, 2.75) is 32.1 Å². The number of anilines is 2. The van der Waals surface area contributed by atoms with E-state index in [0.717, 1.165) is 24.1 Å². The summed E-state index contributed by atoms with van der Waals surface area (Å²) in [6, 6.07) is 5.55. The average molecular weight is 232 g/mol. The van der Waals surface area contributed by atoms with E-state index in [-0.39, 0.29) is 11.7 Å². The molecule has 1 aliphatic carbocycles. The first-order valence-electron chi connectivity index (χ1n) is 6.34. The van der Waals surface area contributed by atoms with Gasteiger partial charge in [-0.05, 0) is 31.0 Å². The molecule has 3 nitrogen and oxygen atoms in total. The molecule has 1 aromatic rings. The Kier molecular flexibility index (Phi) is 3.67. The van der Waals surface area contributed by atoms with Gasteiger partial charge in [0.2, 0.25) is 0 Å². The second-order valence-corrected chi connectivity index (χ2v) is 4.75. The fourth-order valence-corrected chi connectivity index (χ4v) is 2.54. The van der Waals surface area contributed by atoms with Crippen LogP contribution in [0.15, 0.2) is 18.2 Å². The van der Waals surface area contributed by atoms with Crippen LogP contribution in [0.2, 0.25) is 0 Å². The van der Waals surface area contributed by atoms with Gasteiger partial charge in [0.25, 0.3) is 0 Å². The highest BCUT2D eigenvalue weighted by Crippen LogP contribution is 2.28. The van der Waals surface area contributed by atoms with E-state index in [1.807, 2.05) is 19.2 Å². The minimum atomic E-state index is 0.212. The molecular formula is C14H20N2O. The van der Waals surface area contributed by atoms with Gasteiger partial charge in [-0.3, -0.25) is 4.79 Å². The monoisotopic (exact) mass is 232 g/mol. The first-order valence-corrected chi connectivity index (χ1v) is 6.34. The molecule has 3 heteroatoms. The highest BCUT2D eigenvalue weighted by Gasteiger charge is 2.22. The van der Waals surface area contributed by atoms with Crippen LogP contribution in [0.5, 0.6) is 0 Å². The fourth-order valence-electron chi connectivity index (χ4n) is 2.54. The molecule has 3 N–H and O–H groups in total. The lowest BCUT2D eigenvalue weighted by Gasteiger charge is -2.20. The first-order chi connectivity index (χ1) is 8.22. The Bertz CT molecular complexity index is 409. The maximum atomic E-state index is 12.3. The second-order valence-electron chi connectivity index (χ2n) is 4.75. The van der Waals surface area contributed by atoms with Crippen molar-refractivity contribution in [1.82, 2.24) is 0 Å². The zero-order valence-corrected chi connectivity index (χ0v) is 10.3. The first kappa shape index (κ1) is 12.0. The molecule has 0 aromatic heterocycles. The molecule has 1 aromatic carbocycles. The number of nitrogens with one attached hydrogen (secondary N) is 1. The second kappa shape index (κ2) is 5.21. The smallest absolute Gasteiger partial charge is 0.166 e. The van der Waals surface area contributed by atoms with Crippen LogP contribution in [0, 0.1) is 5.92 Å². The molecule has 0 bridgehead atoms. The minimum absolute atomic E-state index is 0.212. The van der Waals surface area contributed by atoms with E-state index in [1.54, 1.807) is 6.07 Å². The quantitative estimate of drug-likeness (QED) is 0.622. The van der Waals surface area contributed by atoms with Gasteiger partial charge in [0, 0.05) is 18.5 Å². The van der Waals surface area contributed by atoms with Crippen LogP contribution < -0.4 is 11.1 Å². The summed E-state index contributed by atoms with van der Waals surface area (Å²) in [5, 5.41) is 3.00. The summed E-state index contributed by atoms with van der Waals surface area (Å²) in [7, 11) is 1.83. The van der Waals surface area contributed by atoms with Gasteiger partial charge in [0.15, 0.2) is 5.78 Å². The van der Waals surface area contributed by atoms with Crippen LogP contribution in [-0.2, 0) is 0 Å². The molecule has 1 fully saturated rings. The van der Waals surface area contributed by atoms with Crippen molar-refractivity contribution in [3.63, 3.8) is 0 Å². The highest BCUT2D eigenvalue weighted by molar-refractivity contribution is 5.99. The number of hydrogen-bond acceptors (Lipinski definition) is 3. The third-order valence-electron chi connectivity index (χ3n) is 3.58. The molecule has 0 unspecified atom stereocenters. The van der Waals surface area contributed by atoms with Crippen LogP contribution in [0.4, 0.5) is 11.4 Å². The maximum Gasteiger partial charge on any atom is 0.166 e. The van der Waals surface area contributed by atoms with Gasteiger partial charge in [-0.1, -0.05) is 19.3 Å². The maximum absolute atomic E-state index is 12.3. The third-order valence-corrected chi connectivity index (χ3v) is 3.58. The van der Waals surface area contributed by atoms with Crippen molar-refractivity contribution in [3.05, 3.63) is 23.8 Å². The van der Waals surface area contributed by atoms with Crippen LogP contribution in [0.1, 0.15) is 42.5 Å². The largest absolute Gasteiger partial charge is 0.397 e. The summed E-state index contributed by atoms with van der Waals surface area (Å²) < 4.78 is 0. The number of hydrogen-bond donors (Lipinski definition) is 2. The van der Waals surface area contributed by atoms with Crippen molar-refractivity contribution in [1.29, 1.82) is 0 Å². The Labute approximate surface area is 102 Å². The molecule has 17 heavy (non-hydrogen) atoms. The summed E-state index contributed by atoms with van der Waals surface area (Å²) in [6.45, 7) is 0. The molecule has 2 rings (SSSR count). The van der Waals surface area contributed by atoms with Gasteiger partial charge in [-0.15, -0.1) is 0 Å². The average Bonchev–Trinajstić information content (AvgIpc) is 2.39. The minimum Gasteiger partial charge on any atom is -0.397 e. The summed E-state index contributed by atoms with van der Waals surface area (Å²) >= 11 is 0. The van der Waals surface area contributed by atoms with E-state index >= 15 is 0 Å². The number of ketones is 1.